The highest BCUT2D eigenvalue weighted by molar-refractivity contribution is 5.95. The molecule has 0 heterocycles. The summed E-state index contributed by atoms with van der Waals surface area (Å²) in [7, 11) is 0. The molecule has 1 unspecified atom stereocenters. The van der Waals surface area contributed by atoms with Crippen molar-refractivity contribution in [2.75, 3.05) is 6.54 Å². The smallest absolute Gasteiger partial charge is 0.272 e. The van der Waals surface area contributed by atoms with Gasteiger partial charge in [-0.25, -0.2) is 4.39 Å². The van der Waals surface area contributed by atoms with Gasteiger partial charge in [-0.1, -0.05) is 12.1 Å². The lowest BCUT2D eigenvalue weighted by Crippen LogP contribution is -2.37. The molecule has 8 heteroatoms. The molecule has 0 saturated heterocycles. The number of nitro groups is 1. The van der Waals surface area contributed by atoms with Crippen LogP contribution in [0.15, 0.2) is 42.5 Å². The predicted octanol–water partition coefficient (Wildman–Crippen LogP) is 2.12. The minimum absolute atomic E-state index is 0.00157. The van der Waals surface area contributed by atoms with E-state index in [9.17, 15) is 24.1 Å². The summed E-state index contributed by atoms with van der Waals surface area (Å²) in [5, 5.41) is 13.4. The standard InChI is InChI=1S/C18H18FN3O4/c1-11-8-13(4-7-16(11)22(25)26)18(24)21-10-14(17(20)23)9-12-2-5-15(19)6-3-12/h2-8,14H,9-10H2,1H3,(H2,20,23)(H,21,24). The van der Waals surface area contributed by atoms with Gasteiger partial charge >= 0.3 is 0 Å². The molecule has 3 N–H and O–H groups in total. The Morgan fingerprint density at radius 3 is 2.42 bits per heavy atom. The average Bonchev–Trinajstić information content (AvgIpc) is 2.59. The minimum atomic E-state index is -0.663. The van der Waals surface area contributed by atoms with Crippen LogP contribution in [0.2, 0.25) is 0 Å². The van der Waals surface area contributed by atoms with Gasteiger partial charge in [0.25, 0.3) is 11.6 Å². The van der Waals surface area contributed by atoms with Gasteiger partial charge < -0.3 is 11.1 Å². The van der Waals surface area contributed by atoms with E-state index in [1.807, 2.05) is 0 Å². The summed E-state index contributed by atoms with van der Waals surface area (Å²) in [5.74, 6) is -2.10. The summed E-state index contributed by atoms with van der Waals surface area (Å²) in [6.07, 6.45) is 0.259. The highest BCUT2D eigenvalue weighted by Gasteiger charge is 2.19. The number of amides is 2. The Hall–Kier alpha value is -3.29. The molecule has 0 aliphatic heterocycles. The number of carbonyl (C=O) groups excluding carboxylic acids is 2. The average molecular weight is 359 g/mol. The normalized spacial score (nSPS) is 11.6. The van der Waals surface area contributed by atoms with Crippen molar-refractivity contribution in [3.63, 3.8) is 0 Å². The van der Waals surface area contributed by atoms with Crippen molar-refractivity contribution >= 4 is 17.5 Å². The van der Waals surface area contributed by atoms with Gasteiger partial charge in [-0.05, 0) is 43.2 Å². The SMILES string of the molecule is Cc1cc(C(=O)NCC(Cc2ccc(F)cc2)C(N)=O)ccc1[N+](=O)[O-]. The van der Waals surface area contributed by atoms with Crippen molar-refractivity contribution in [1.29, 1.82) is 0 Å². The lowest BCUT2D eigenvalue weighted by Gasteiger charge is -2.15. The predicted molar refractivity (Wildman–Crippen MR) is 93.0 cm³/mol. The summed E-state index contributed by atoms with van der Waals surface area (Å²) < 4.78 is 12.9. The number of hydrogen-bond donors (Lipinski definition) is 2. The number of carbonyl (C=O) groups is 2. The monoisotopic (exact) mass is 359 g/mol. The Balaban J connectivity index is 2.03. The first-order valence-corrected chi connectivity index (χ1v) is 7.85. The number of hydrogen-bond acceptors (Lipinski definition) is 4. The molecule has 0 aliphatic carbocycles. The Bertz CT molecular complexity index is 837. The fraction of sp³-hybridized carbons (Fsp3) is 0.222. The number of nitrogens with two attached hydrogens (primary N) is 1. The Labute approximate surface area is 149 Å². The molecule has 2 aromatic carbocycles. The molecule has 0 aromatic heterocycles. The van der Waals surface area contributed by atoms with Gasteiger partial charge in [0.1, 0.15) is 5.82 Å². The third-order valence-corrected chi connectivity index (χ3v) is 3.96. The highest BCUT2D eigenvalue weighted by Crippen LogP contribution is 2.18. The van der Waals surface area contributed by atoms with Crippen LogP contribution in [0, 0.1) is 28.8 Å². The molecule has 26 heavy (non-hydrogen) atoms. The van der Waals surface area contributed by atoms with Crippen molar-refractivity contribution in [2.45, 2.75) is 13.3 Å². The summed E-state index contributed by atoms with van der Waals surface area (Å²) in [6, 6.07) is 9.68. The van der Waals surface area contributed by atoms with E-state index >= 15 is 0 Å². The first-order chi connectivity index (χ1) is 12.3. The topological polar surface area (TPSA) is 115 Å². The third kappa shape index (κ3) is 4.85. The maximum absolute atomic E-state index is 12.9. The molecule has 0 aliphatic rings. The van der Waals surface area contributed by atoms with Crippen LogP contribution in [-0.2, 0) is 11.2 Å². The molecular formula is C18H18FN3O4. The van der Waals surface area contributed by atoms with Crippen LogP contribution in [0.1, 0.15) is 21.5 Å². The van der Waals surface area contributed by atoms with E-state index in [4.69, 9.17) is 5.73 Å². The van der Waals surface area contributed by atoms with Gasteiger partial charge in [-0.3, -0.25) is 19.7 Å². The number of nitrogens with zero attached hydrogens (tertiary/aromatic N) is 1. The molecule has 136 valence electrons. The van der Waals surface area contributed by atoms with Crippen LogP contribution in [0.3, 0.4) is 0 Å². The number of benzene rings is 2. The molecule has 2 aromatic rings. The Morgan fingerprint density at radius 1 is 1.23 bits per heavy atom. The third-order valence-electron chi connectivity index (χ3n) is 3.96. The lowest BCUT2D eigenvalue weighted by molar-refractivity contribution is -0.385. The van der Waals surface area contributed by atoms with Crippen molar-refractivity contribution in [3.05, 3.63) is 75.1 Å². The zero-order valence-electron chi connectivity index (χ0n) is 14.1. The van der Waals surface area contributed by atoms with E-state index in [1.54, 1.807) is 12.1 Å². The lowest BCUT2D eigenvalue weighted by atomic mass is 9.98. The van der Waals surface area contributed by atoms with E-state index in [1.165, 1.54) is 37.3 Å². The number of rotatable bonds is 7. The highest BCUT2D eigenvalue weighted by atomic mass is 19.1. The molecule has 1 atom stereocenters. The van der Waals surface area contributed by atoms with E-state index in [-0.39, 0.29) is 30.0 Å². The second-order valence-electron chi connectivity index (χ2n) is 5.90. The molecule has 0 spiro atoms. The van der Waals surface area contributed by atoms with Crippen molar-refractivity contribution in [3.8, 4) is 0 Å². The van der Waals surface area contributed by atoms with Crippen molar-refractivity contribution < 1.29 is 18.9 Å². The first kappa shape index (κ1) is 19.0. The van der Waals surface area contributed by atoms with Crippen molar-refractivity contribution in [1.82, 2.24) is 5.32 Å². The van der Waals surface area contributed by atoms with Gasteiger partial charge in [0.05, 0.1) is 10.8 Å². The molecule has 0 bridgehead atoms. The summed E-state index contributed by atoms with van der Waals surface area (Å²) in [4.78, 5) is 34.1. The van der Waals surface area contributed by atoms with E-state index < -0.39 is 22.7 Å². The number of nitrogens with one attached hydrogen (secondary N) is 1. The zero-order valence-corrected chi connectivity index (χ0v) is 14.1. The molecule has 0 fully saturated rings. The Kier molecular flexibility index (Phi) is 6.00. The van der Waals surface area contributed by atoms with Crippen LogP contribution in [0.25, 0.3) is 0 Å². The maximum Gasteiger partial charge on any atom is 0.272 e. The summed E-state index contributed by atoms with van der Waals surface area (Å²) in [6.45, 7) is 1.54. The summed E-state index contributed by atoms with van der Waals surface area (Å²) in [5.41, 5.74) is 6.63. The number of primary amides is 1. The first-order valence-electron chi connectivity index (χ1n) is 7.85. The van der Waals surface area contributed by atoms with Crippen LogP contribution >= 0.6 is 0 Å². The van der Waals surface area contributed by atoms with Gasteiger partial charge in [-0.15, -0.1) is 0 Å². The van der Waals surface area contributed by atoms with E-state index in [0.29, 0.717) is 5.56 Å². The van der Waals surface area contributed by atoms with Crippen LogP contribution in [0.5, 0.6) is 0 Å². The second kappa shape index (κ2) is 8.19. The van der Waals surface area contributed by atoms with Gasteiger partial charge in [0.2, 0.25) is 5.91 Å². The van der Waals surface area contributed by atoms with Crippen LogP contribution in [0.4, 0.5) is 10.1 Å². The van der Waals surface area contributed by atoms with Gasteiger partial charge in [0, 0.05) is 23.7 Å². The number of halogens is 1. The Morgan fingerprint density at radius 2 is 1.88 bits per heavy atom. The zero-order chi connectivity index (χ0) is 19.3. The molecule has 7 nitrogen and oxygen atoms in total. The maximum atomic E-state index is 12.9. The van der Waals surface area contributed by atoms with Gasteiger partial charge in [0.15, 0.2) is 0 Å². The molecule has 2 rings (SSSR count). The fourth-order valence-corrected chi connectivity index (χ4v) is 2.50. The number of aryl methyl sites for hydroxylation is 1. The minimum Gasteiger partial charge on any atom is -0.369 e. The van der Waals surface area contributed by atoms with Gasteiger partial charge in [-0.2, -0.15) is 0 Å². The van der Waals surface area contributed by atoms with E-state index in [2.05, 4.69) is 5.32 Å². The van der Waals surface area contributed by atoms with E-state index in [0.717, 1.165) is 5.56 Å². The van der Waals surface area contributed by atoms with Crippen LogP contribution in [-0.4, -0.2) is 23.3 Å². The molecular weight excluding hydrogens is 341 g/mol. The molecule has 0 radical (unpaired) electrons. The quantitative estimate of drug-likeness (QED) is 0.582. The fourth-order valence-electron chi connectivity index (χ4n) is 2.50. The van der Waals surface area contributed by atoms with Crippen LogP contribution < -0.4 is 11.1 Å². The number of nitro benzene ring substituents is 1. The largest absolute Gasteiger partial charge is 0.369 e. The molecule has 0 saturated carbocycles. The van der Waals surface area contributed by atoms with Crippen molar-refractivity contribution in [2.24, 2.45) is 11.7 Å². The summed E-state index contributed by atoms with van der Waals surface area (Å²) >= 11 is 0. The molecule has 2 amide bonds. The second-order valence-corrected chi connectivity index (χ2v) is 5.90.